The lowest BCUT2D eigenvalue weighted by molar-refractivity contribution is 0.0606. The number of nitrogens with zero attached hydrogens (tertiary/aromatic N) is 1. The van der Waals surface area contributed by atoms with E-state index in [9.17, 15) is 4.79 Å². The maximum Gasteiger partial charge on any atom is 0.253 e. The van der Waals surface area contributed by atoms with Crippen molar-refractivity contribution in [3.63, 3.8) is 0 Å². The van der Waals surface area contributed by atoms with Crippen molar-refractivity contribution in [3.05, 3.63) is 28.8 Å². The van der Waals surface area contributed by atoms with Gasteiger partial charge in [0.15, 0.2) is 0 Å². The van der Waals surface area contributed by atoms with Crippen molar-refractivity contribution in [2.24, 2.45) is 0 Å². The molecular formula is C16H23ClN2O2. The molecule has 1 aromatic rings. The van der Waals surface area contributed by atoms with E-state index in [1.54, 1.807) is 38.2 Å². The highest BCUT2D eigenvalue weighted by atomic mass is 35.5. The smallest absolute Gasteiger partial charge is 0.253 e. The van der Waals surface area contributed by atoms with Gasteiger partial charge in [-0.2, -0.15) is 0 Å². The second-order valence-electron chi connectivity index (χ2n) is 5.70. The van der Waals surface area contributed by atoms with Crippen molar-refractivity contribution < 1.29 is 9.53 Å². The minimum absolute atomic E-state index is 0.0262. The van der Waals surface area contributed by atoms with Crippen molar-refractivity contribution in [3.8, 4) is 0 Å². The van der Waals surface area contributed by atoms with Crippen LogP contribution in [0.4, 0.5) is 5.69 Å². The van der Waals surface area contributed by atoms with Crippen molar-refractivity contribution in [2.75, 3.05) is 26.5 Å². The van der Waals surface area contributed by atoms with Gasteiger partial charge in [0.05, 0.1) is 22.9 Å². The Bertz CT molecular complexity index is 505. The molecule has 1 saturated carbocycles. The predicted octanol–water partition coefficient (Wildman–Crippen LogP) is 3.41. The molecule has 116 valence electrons. The van der Waals surface area contributed by atoms with Gasteiger partial charge in [-0.25, -0.2) is 0 Å². The number of methoxy groups -OCH3 is 1. The third kappa shape index (κ3) is 3.89. The Hall–Kier alpha value is -1.26. The van der Waals surface area contributed by atoms with Gasteiger partial charge in [0.25, 0.3) is 5.91 Å². The maximum atomic E-state index is 12.1. The monoisotopic (exact) mass is 310 g/mol. The van der Waals surface area contributed by atoms with Crippen LogP contribution in [-0.4, -0.2) is 44.2 Å². The van der Waals surface area contributed by atoms with E-state index in [4.69, 9.17) is 16.3 Å². The number of hydrogen-bond donors (Lipinski definition) is 1. The Labute approximate surface area is 131 Å². The number of halogens is 1. The van der Waals surface area contributed by atoms with Gasteiger partial charge in [-0.15, -0.1) is 0 Å². The summed E-state index contributed by atoms with van der Waals surface area (Å²) in [4.78, 5) is 13.6. The summed E-state index contributed by atoms with van der Waals surface area (Å²) in [6, 6.07) is 5.59. The van der Waals surface area contributed by atoms with Crippen LogP contribution in [0, 0.1) is 0 Å². The molecule has 1 aliphatic rings. The molecule has 2 atom stereocenters. The molecular weight excluding hydrogens is 288 g/mol. The number of amides is 1. The first kappa shape index (κ1) is 16.1. The molecule has 0 spiro atoms. The maximum absolute atomic E-state index is 12.1. The predicted molar refractivity (Wildman–Crippen MR) is 86.1 cm³/mol. The highest BCUT2D eigenvalue weighted by Gasteiger charge is 2.25. The van der Waals surface area contributed by atoms with Gasteiger partial charge in [-0.3, -0.25) is 4.79 Å². The molecule has 0 radical (unpaired) electrons. The molecule has 0 aromatic heterocycles. The second kappa shape index (κ2) is 7.14. The van der Waals surface area contributed by atoms with Crippen LogP contribution in [0.5, 0.6) is 0 Å². The van der Waals surface area contributed by atoms with Gasteiger partial charge in [-0.05, 0) is 31.0 Å². The molecule has 1 amide bonds. The number of benzene rings is 1. The first-order chi connectivity index (χ1) is 10.0. The van der Waals surface area contributed by atoms with E-state index in [0.29, 0.717) is 10.6 Å². The van der Waals surface area contributed by atoms with Crippen LogP contribution in [0.1, 0.15) is 36.0 Å². The molecule has 2 unspecified atom stereocenters. The topological polar surface area (TPSA) is 41.6 Å². The van der Waals surface area contributed by atoms with Gasteiger partial charge in [0.1, 0.15) is 0 Å². The van der Waals surface area contributed by atoms with E-state index in [1.165, 1.54) is 12.8 Å². The lowest BCUT2D eigenvalue weighted by Crippen LogP contribution is -2.37. The van der Waals surface area contributed by atoms with Crippen LogP contribution >= 0.6 is 11.6 Å². The summed E-state index contributed by atoms with van der Waals surface area (Å²) < 4.78 is 5.55. The molecule has 0 heterocycles. The van der Waals surface area contributed by atoms with E-state index >= 15 is 0 Å². The lowest BCUT2D eigenvalue weighted by Gasteiger charge is -2.32. The molecule has 1 aromatic carbocycles. The summed E-state index contributed by atoms with van der Waals surface area (Å²) in [6.07, 6.45) is 4.70. The minimum atomic E-state index is -0.0262. The Balaban J connectivity index is 2.18. The second-order valence-corrected chi connectivity index (χ2v) is 6.11. The van der Waals surface area contributed by atoms with Crippen LogP contribution in [0.2, 0.25) is 5.02 Å². The molecule has 1 N–H and O–H groups in total. The normalized spacial score (nSPS) is 21.9. The van der Waals surface area contributed by atoms with Crippen molar-refractivity contribution >= 4 is 23.2 Å². The summed E-state index contributed by atoms with van der Waals surface area (Å²) in [5.41, 5.74) is 1.44. The first-order valence-electron chi connectivity index (χ1n) is 7.33. The molecule has 5 heteroatoms. The van der Waals surface area contributed by atoms with Crippen LogP contribution in [0.25, 0.3) is 0 Å². The molecule has 0 bridgehead atoms. The molecule has 4 nitrogen and oxygen atoms in total. The SMILES string of the molecule is COC1CCCCC1Nc1cc(C(=O)N(C)C)ccc1Cl. The Kier molecular flexibility index (Phi) is 5.48. The fourth-order valence-electron chi connectivity index (χ4n) is 2.77. The molecule has 1 aliphatic carbocycles. The number of carbonyl (C=O) groups excluding carboxylic acids is 1. The zero-order valence-corrected chi connectivity index (χ0v) is 13.6. The van der Waals surface area contributed by atoms with Crippen LogP contribution in [0.15, 0.2) is 18.2 Å². The van der Waals surface area contributed by atoms with Gasteiger partial charge in [0, 0.05) is 26.8 Å². The number of carbonyl (C=O) groups is 1. The molecule has 1 fully saturated rings. The van der Waals surface area contributed by atoms with E-state index in [1.807, 2.05) is 6.07 Å². The van der Waals surface area contributed by atoms with Crippen LogP contribution < -0.4 is 5.32 Å². The molecule has 0 saturated heterocycles. The van der Waals surface area contributed by atoms with E-state index in [0.717, 1.165) is 18.5 Å². The van der Waals surface area contributed by atoms with Crippen LogP contribution in [0.3, 0.4) is 0 Å². The summed E-state index contributed by atoms with van der Waals surface area (Å²) in [5, 5.41) is 4.09. The zero-order valence-electron chi connectivity index (χ0n) is 12.9. The highest BCUT2D eigenvalue weighted by Crippen LogP contribution is 2.29. The lowest BCUT2D eigenvalue weighted by atomic mass is 9.92. The summed E-state index contributed by atoms with van der Waals surface area (Å²) >= 11 is 6.26. The van der Waals surface area contributed by atoms with E-state index in [2.05, 4.69) is 5.32 Å². The van der Waals surface area contributed by atoms with E-state index < -0.39 is 0 Å². The van der Waals surface area contributed by atoms with Gasteiger partial charge in [-0.1, -0.05) is 24.4 Å². The first-order valence-corrected chi connectivity index (χ1v) is 7.71. The van der Waals surface area contributed by atoms with E-state index in [-0.39, 0.29) is 18.1 Å². The number of rotatable bonds is 4. The van der Waals surface area contributed by atoms with Gasteiger partial charge >= 0.3 is 0 Å². The Morgan fingerprint density at radius 2 is 2.05 bits per heavy atom. The average Bonchev–Trinajstić information content (AvgIpc) is 2.49. The van der Waals surface area contributed by atoms with Crippen molar-refractivity contribution in [2.45, 2.75) is 37.8 Å². The summed E-state index contributed by atoms with van der Waals surface area (Å²) in [5.74, 6) is -0.0262. The fraction of sp³-hybridized carbons (Fsp3) is 0.562. The molecule has 0 aliphatic heterocycles. The fourth-order valence-corrected chi connectivity index (χ4v) is 2.94. The summed E-state index contributed by atoms with van der Waals surface area (Å²) in [6.45, 7) is 0. The number of ether oxygens (including phenoxy) is 1. The number of nitrogens with one attached hydrogen (secondary N) is 1. The quantitative estimate of drug-likeness (QED) is 0.926. The largest absolute Gasteiger partial charge is 0.379 e. The highest BCUT2D eigenvalue weighted by molar-refractivity contribution is 6.33. The third-order valence-electron chi connectivity index (χ3n) is 3.97. The third-order valence-corrected chi connectivity index (χ3v) is 4.30. The Morgan fingerprint density at radius 1 is 1.33 bits per heavy atom. The summed E-state index contributed by atoms with van der Waals surface area (Å²) in [7, 11) is 5.23. The number of anilines is 1. The molecule has 21 heavy (non-hydrogen) atoms. The van der Waals surface area contributed by atoms with Crippen molar-refractivity contribution in [1.82, 2.24) is 4.90 Å². The molecule has 2 rings (SSSR count). The average molecular weight is 311 g/mol. The standard InChI is InChI=1S/C16H23ClN2O2/c1-19(2)16(20)11-8-9-12(17)14(10-11)18-13-6-4-5-7-15(13)21-3/h8-10,13,15,18H,4-7H2,1-3H3. The number of hydrogen-bond acceptors (Lipinski definition) is 3. The zero-order chi connectivity index (χ0) is 15.4. The minimum Gasteiger partial charge on any atom is -0.379 e. The van der Waals surface area contributed by atoms with Gasteiger partial charge < -0.3 is 15.0 Å². The Morgan fingerprint density at radius 3 is 2.71 bits per heavy atom. The van der Waals surface area contributed by atoms with Gasteiger partial charge in [0.2, 0.25) is 0 Å². The van der Waals surface area contributed by atoms with Crippen LogP contribution in [-0.2, 0) is 4.74 Å². The van der Waals surface area contributed by atoms with Crippen molar-refractivity contribution in [1.29, 1.82) is 0 Å².